The van der Waals surface area contributed by atoms with Crippen LogP contribution in [0.4, 0.5) is 10.1 Å². The summed E-state index contributed by atoms with van der Waals surface area (Å²) in [5.74, 6) is -1.49. The molecule has 0 spiro atoms. The molecule has 3 aromatic heterocycles. The summed E-state index contributed by atoms with van der Waals surface area (Å²) in [5, 5.41) is 7.87. The zero-order valence-corrected chi connectivity index (χ0v) is 25.2. The van der Waals surface area contributed by atoms with E-state index in [9.17, 15) is 14.0 Å². The molecule has 11 nitrogen and oxygen atoms in total. The zero-order chi connectivity index (χ0) is 30.7. The van der Waals surface area contributed by atoms with E-state index in [-0.39, 0.29) is 40.2 Å². The summed E-state index contributed by atoms with van der Waals surface area (Å²) in [6.45, 7) is 5.58. The van der Waals surface area contributed by atoms with Crippen molar-refractivity contribution < 1.29 is 23.4 Å². The number of rotatable bonds is 10. The molecule has 222 valence electrons. The van der Waals surface area contributed by atoms with Crippen molar-refractivity contribution in [3.05, 3.63) is 85.4 Å². The molecule has 0 bridgehead atoms. The number of ether oxygens (including phenoxy) is 3. The van der Waals surface area contributed by atoms with Crippen LogP contribution in [0.1, 0.15) is 60.0 Å². The molecular weight excluding hydrogens is 590 g/mol. The molecule has 0 aliphatic rings. The van der Waals surface area contributed by atoms with E-state index in [2.05, 4.69) is 20.4 Å². The number of hydrogen-bond donors (Lipinski definition) is 1. The van der Waals surface area contributed by atoms with Crippen molar-refractivity contribution in [1.82, 2.24) is 24.3 Å². The van der Waals surface area contributed by atoms with Gasteiger partial charge in [0.25, 0.3) is 5.56 Å². The molecule has 0 aliphatic carbocycles. The number of pyridine rings is 1. The van der Waals surface area contributed by atoms with E-state index in [1.807, 2.05) is 13.8 Å². The Morgan fingerprint density at radius 2 is 1.88 bits per heavy atom. The summed E-state index contributed by atoms with van der Waals surface area (Å²) in [7, 11) is 4.40. The van der Waals surface area contributed by atoms with Crippen LogP contribution >= 0.6 is 23.2 Å². The van der Waals surface area contributed by atoms with Gasteiger partial charge in [0.1, 0.15) is 16.5 Å². The molecule has 0 aliphatic heterocycles. The van der Waals surface area contributed by atoms with Crippen LogP contribution < -0.4 is 20.3 Å². The van der Waals surface area contributed by atoms with Crippen molar-refractivity contribution in [3.63, 3.8) is 0 Å². The molecule has 42 heavy (non-hydrogen) atoms. The predicted octanol–water partition coefficient (Wildman–Crippen LogP) is 5.33. The number of hydrogen-bond acceptors (Lipinski definition) is 9. The first-order chi connectivity index (χ1) is 20.0. The maximum atomic E-state index is 14.9. The fourth-order valence-electron chi connectivity index (χ4n) is 4.49. The van der Waals surface area contributed by atoms with Gasteiger partial charge >= 0.3 is 12.0 Å². The minimum Gasteiger partial charge on any atom is -0.479 e. The zero-order valence-electron chi connectivity index (χ0n) is 23.7. The molecule has 0 saturated heterocycles. The Balaban J connectivity index is 2.07. The second kappa shape index (κ2) is 12.8. The highest BCUT2D eigenvalue weighted by Gasteiger charge is 2.34. The number of nitrogens with one attached hydrogen (secondary N) is 1. The van der Waals surface area contributed by atoms with Gasteiger partial charge in [0, 0.05) is 18.8 Å². The fraction of sp³-hybridized carbons (Fsp3) is 0.321. The largest absolute Gasteiger partial charge is 0.479 e. The first-order valence-corrected chi connectivity index (χ1v) is 13.6. The molecule has 14 heteroatoms. The van der Waals surface area contributed by atoms with Crippen LogP contribution in [-0.2, 0) is 11.8 Å². The number of aryl methyl sites for hydroxylation is 1. The van der Waals surface area contributed by atoms with Crippen LogP contribution in [0.5, 0.6) is 11.9 Å². The number of anilines is 1. The molecule has 3 heterocycles. The van der Waals surface area contributed by atoms with Gasteiger partial charge in [0.05, 0.1) is 49.5 Å². The van der Waals surface area contributed by atoms with Crippen LogP contribution in [0.3, 0.4) is 0 Å². The second-order valence-electron chi connectivity index (χ2n) is 9.43. The molecular formula is C28H29Cl2FN6O5. The first kappa shape index (κ1) is 30.8. The minimum absolute atomic E-state index is 0.0333. The summed E-state index contributed by atoms with van der Waals surface area (Å²) in [4.78, 5) is 34.2. The number of carbonyl (C=O) groups excluding carboxylic acids is 1. The summed E-state index contributed by atoms with van der Waals surface area (Å²) in [5.41, 5.74) is 1.65. The number of nitrogens with zero attached hydrogens (tertiary/aromatic N) is 5. The lowest BCUT2D eigenvalue weighted by Gasteiger charge is -2.24. The van der Waals surface area contributed by atoms with Crippen molar-refractivity contribution in [2.75, 3.05) is 26.1 Å². The monoisotopic (exact) mass is 618 g/mol. The third-order valence-electron chi connectivity index (χ3n) is 6.31. The highest BCUT2D eigenvalue weighted by Crippen LogP contribution is 2.38. The van der Waals surface area contributed by atoms with E-state index in [0.717, 1.165) is 0 Å². The molecule has 0 fully saturated rings. The molecule has 1 aromatic carbocycles. The number of methoxy groups -OCH3 is 2. The smallest absolute Gasteiger partial charge is 0.359 e. The Bertz CT molecular complexity index is 1660. The number of aromatic nitrogens is 5. The molecule has 1 N–H and O–H groups in total. The van der Waals surface area contributed by atoms with Gasteiger partial charge in [0.2, 0.25) is 5.88 Å². The van der Waals surface area contributed by atoms with E-state index in [1.54, 1.807) is 20.0 Å². The third kappa shape index (κ3) is 6.04. The van der Waals surface area contributed by atoms with E-state index in [1.165, 1.54) is 54.1 Å². The molecule has 1 unspecified atom stereocenters. The van der Waals surface area contributed by atoms with Crippen molar-refractivity contribution in [3.8, 4) is 17.6 Å². The van der Waals surface area contributed by atoms with E-state index in [4.69, 9.17) is 37.4 Å². The number of halogens is 3. The molecule has 0 amide bonds. The average Bonchev–Trinajstić information content (AvgIpc) is 3.36. The lowest BCUT2D eigenvalue weighted by atomic mass is 9.92. The minimum atomic E-state index is -0.902. The van der Waals surface area contributed by atoms with Crippen molar-refractivity contribution >= 4 is 34.9 Å². The average molecular weight is 619 g/mol. The van der Waals surface area contributed by atoms with Crippen LogP contribution in [0.25, 0.3) is 5.69 Å². The Kier molecular flexibility index (Phi) is 9.37. The summed E-state index contributed by atoms with van der Waals surface area (Å²) in [6, 6.07) is 4.92. The summed E-state index contributed by atoms with van der Waals surface area (Å²) < 4.78 is 33.7. The van der Waals surface area contributed by atoms with E-state index in [0.29, 0.717) is 28.2 Å². The number of esters is 1. The van der Waals surface area contributed by atoms with Gasteiger partial charge in [-0.25, -0.2) is 18.9 Å². The van der Waals surface area contributed by atoms with E-state index >= 15 is 0 Å². The molecule has 4 aromatic rings. The predicted molar refractivity (Wildman–Crippen MR) is 156 cm³/mol. The van der Waals surface area contributed by atoms with Gasteiger partial charge in [-0.2, -0.15) is 10.1 Å². The van der Waals surface area contributed by atoms with Gasteiger partial charge < -0.3 is 24.1 Å². The molecule has 1 atom stereocenters. The van der Waals surface area contributed by atoms with Gasteiger partial charge in [-0.15, -0.1) is 0 Å². The molecule has 0 radical (unpaired) electrons. The number of carbonyl (C=O) groups is 1. The van der Waals surface area contributed by atoms with Crippen LogP contribution in [-0.4, -0.2) is 51.1 Å². The summed E-state index contributed by atoms with van der Waals surface area (Å²) >= 11 is 12.2. The third-order valence-corrected chi connectivity index (χ3v) is 6.89. The van der Waals surface area contributed by atoms with Gasteiger partial charge in [-0.3, -0.25) is 4.79 Å². The van der Waals surface area contributed by atoms with Gasteiger partial charge in [-0.1, -0.05) is 43.1 Å². The lowest BCUT2D eigenvalue weighted by Crippen LogP contribution is -2.21. The second-order valence-corrected chi connectivity index (χ2v) is 10.2. The highest BCUT2D eigenvalue weighted by molar-refractivity contribution is 6.31. The maximum Gasteiger partial charge on any atom is 0.359 e. The van der Waals surface area contributed by atoms with Gasteiger partial charge in [-0.05, 0) is 36.6 Å². The van der Waals surface area contributed by atoms with Crippen molar-refractivity contribution in [2.45, 2.75) is 32.7 Å². The molecule has 0 saturated carbocycles. The van der Waals surface area contributed by atoms with Crippen LogP contribution in [0.2, 0.25) is 10.0 Å². The normalized spacial score (nSPS) is 11.9. The first-order valence-electron chi connectivity index (χ1n) is 12.8. The Hall–Kier alpha value is -4.16. The Labute approximate surface area is 251 Å². The SMILES string of the molecule is CCOC(=O)c1nn(-c2cnc(OC)nc2OC)c(C(C)C)c1C(Nc1cc(Cl)c(=O)n(C)c1)c1ccc(Cl)c(F)c1. The van der Waals surface area contributed by atoms with Crippen LogP contribution in [0.15, 0.2) is 41.5 Å². The van der Waals surface area contributed by atoms with Crippen molar-refractivity contribution in [1.29, 1.82) is 0 Å². The highest BCUT2D eigenvalue weighted by atomic mass is 35.5. The Morgan fingerprint density at radius 1 is 1.14 bits per heavy atom. The van der Waals surface area contributed by atoms with E-state index < -0.39 is 23.4 Å². The Morgan fingerprint density at radius 3 is 2.48 bits per heavy atom. The fourth-order valence-corrected chi connectivity index (χ4v) is 4.85. The lowest BCUT2D eigenvalue weighted by molar-refractivity contribution is 0.0517. The van der Waals surface area contributed by atoms with Crippen LogP contribution in [0, 0.1) is 5.82 Å². The van der Waals surface area contributed by atoms with Gasteiger partial charge in [0.15, 0.2) is 5.69 Å². The van der Waals surface area contributed by atoms with Crippen molar-refractivity contribution in [2.24, 2.45) is 7.05 Å². The molecule has 4 rings (SSSR count). The summed E-state index contributed by atoms with van der Waals surface area (Å²) in [6.07, 6.45) is 3.00. The quantitative estimate of drug-likeness (QED) is 0.235. The number of benzene rings is 1. The topological polar surface area (TPSA) is 122 Å². The maximum absolute atomic E-state index is 14.9. The standard InChI is InChI=1S/C28H29Cl2FN6O5/c1-7-42-27(39)23-21(24(14(2)3)37(35-23)20-12-32-28(41-6)34-25(20)40-5)22(15-8-9-17(29)19(31)10-15)33-16-11-18(30)26(38)36(4)13-16/h8-14,22,33H,7H2,1-6H3.